The summed E-state index contributed by atoms with van der Waals surface area (Å²) >= 11 is 0. The SMILES string of the molecule is C.C.C.C.C.C.CC(C)(C)N1CC2C[B]CC(C2)C1.CC(C)(C)N1CCC2(C[B]CC2)C1. The lowest BCUT2D eigenvalue weighted by atomic mass is 9.55. The molecule has 0 N–H and O–H groups in total. The summed E-state index contributed by atoms with van der Waals surface area (Å²) in [5.74, 6) is 1.93. The first-order chi connectivity index (χ1) is 12.1. The van der Waals surface area contributed by atoms with E-state index in [1.165, 1.54) is 70.7 Å². The Hall–Kier alpha value is 0.0499. The molecule has 3 atom stereocenters. The molecular formula is C28H66B2N2. The predicted octanol–water partition coefficient (Wildman–Crippen LogP) is 8.52. The molecule has 4 saturated heterocycles. The van der Waals surface area contributed by atoms with Crippen LogP contribution in [-0.2, 0) is 0 Å². The van der Waals surface area contributed by atoms with Crippen LogP contribution in [0.4, 0.5) is 0 Å². The van der Waals surface area contributed by atoms with Gasteiger partial charge in [0.1, 0.15) is 14.6 Å². The molecule has 2 radical (unpaired) electrons. The zero-order valence-corrected chi connectivity index (χ0v) is 18.5. The highest BCUT2D eigenvalue weighted by atomic mass is 15.2. The molecule has 4 heteroatoms. The minimum atomic E-state index is 0. The smallest absolute Gasteiger partial charge is 0.110 e. The Morgan fingerprint density at radius 2 is 1.19 bits per heavy atom. The molecule has 4 aliphatic heterocycles. The highest BCUT2D eigenvalue weighted by Crippen LogP contribution is 2.45. The van der Waals surface area contributed by atoms with E-state index in [1.807, 2.05) is 0 Å². The lowest BCUT2D eigenvalue weighted by molar-refractivity contribution is 0.0526. The van der Waals surface area contributed by atoms with Gasteiger partial charge in [0.15, 0.2) is 0 Å². The molecule has 4 rings (SSSR count). The zero-order chi connectivity index (χ0) is 19.0. The number of hydrogen-bond acceptors (Lipinski definition) is 2. The van der Waals surface area contributed by atoms with E-state index < -0.39 is 0 Å². The van der Waals surface area contributed by atoms with Crippen molar-refractivity contribution in [3.8, 4) is 0 Å². The lowest BCUT2D eigenvalue weighted by Crippen LogP contribution is -2.51. The fraction of sp³-hybridized carbons (Fsp3) is 1.00. The van der Waals surface area contributed by atoms with Crippen LogP contribution < -0.4 is 0 Å². The fourth-order valence-electron chi connectivity index (χ4n) is 5.57. The summed E-state index contributed by atoms with van der Waals surface area (Å²) in [5, 5.41) is 0. The topological polar surface area (TPSA) is 6.48 Å². The molecule has 0 aliphatic carbocycles. The van der Waals surface area contributed by atoms with Gasteiger partial charge in [0.25, 0.3) is 0 Å². The number of nitrogens with zero attached hydrogens (tertiary/aromatic N) is 2. The average molecular weight is 452 g/mol. The Bertz CT molecular complexity index is 449. The normalized spacial score (nSPS) is 28.9. The van der Waals surface area contributed by atoms with Gasteiger partial charge in [-0.25, -0.2) is 0 Å². The largest absolute Gasteiger partial charge is 0.298 e. The van der Waals surface area contributed by atoms with Gasteiger partial charge in [0.2, 0.25) is 0 Å². The maximum Gasteiger partial charge on any atom is 0.110 e. The average Bonchev–Trinajstić information content (AvgIpc) is 3.17. The number of rotatable bonds is 0. The van der Waals surface area contributed by atoms with Gasteiger partial charge in [-0.1, -0.05) is 76.3 Å². The van der Waals surface area contributed by atoms with Gasteiger partial charge in [-0.05, 0) is 78.2 Å². The van der Waals surface area contributed by atoms with Crippen LogP contribution in [0.2, 0.25) is 25.3 Å². The Labute approximate surface area is 209 Å². The molecule has 4 aliphatic rings. The third-order valence-electron chi connectivity index (χ3n) is 7.42. The van der Waals surface area contributed by atoms with Crippen LogP contribution in [0.1, 0.15) is 105 Å². The summed E-state index contributed by atoms with van der Waals surface area (Å²) in [6.07, 6.45) is 9.83. The first-order valence-electron chi connectivity index (χ1n) is 11.2. The molecule has 4 heterocycles. The number of hydrogen-bond donors (Lipinski definition) is 0. The summed E-state index contributed by atoms with van der Waals surface area (Å²) in [7, 11) is 5.00. The molecule has 2 nitrogen and oxygen atoms in total. The van der Waals surface area contributed by atoms with Crippen LogP contribution in [0.25, 0.3) is 0 Å². The first-order valence-corrected chi connectivity index (χ1v) is 11.2. The second-order valence-corrected chi connectivity index (χ2v) is 11.7. The van der Waals surface area contributed by atoms with Crippen molar-refractivity contribution < 1.29 is 0 Å². The molecular weight excluding hydrogens is 386 g/mol. The zero-order valence-electron chi connectivity index (χ0n) is 18.5. The second-order valence-electron chi connectivity index (χ2n) is 11.7. The Morgan fingerprint density at radius 1 is 0.688 bits per heavy atom. The van der Waals surface area contributed by atoms with Crippen LogP contribution in [-0.4, -0.2) is 61.6 Å². The Balaban J connectivity index is -0.000000206. The van der Waals surface area contributed by atoms with E-state index in [0.717, 1.165) is 11.8 Å². The van der Waals surface area contributed by atoms with Crippen molar-refractivity contribution in [1.82, 2.24) is 9.80 Å². The van der Waals surface area contributed by atoms with Crippen molar-refractivity contribution in [2.45, 2.75) is 142 Å². The van der Waals surface area contributed by atoms with E-state index in [4.69, 9.17) is 0 Å². The third kappa shape index (κ3) is 10.1. The summed E-state index contributed by atoms with van der Waals surface area (Å²) in [6, 6.07) is 0. The van der Waals surface area contributed by atoms with Crippen molar-refractivity contribution in [2.24, 2.45) is 17.3 Å². The molecule has 2 bridgehead atoms. The molecule has 0 aromatic carbocycles. The van der Waals surface area contributed by atoms with Gasteiger partial charge >= 0.3 is 0 Å². The molecule has 0 aromatic heterocycles. The van der Waals surface area contributed by atoms with E-state index in [2.05, 4.69) is 65.9 Å². The van der Waals surface area contributed by atoms with Crippen molar-refractivity contribution in [3.05, 3.63) is 0 Å². The summed E-state index contributed by atoms with van der Waals surface area (Å²) in [6.45, 7) is 19.4. The standard InChI is InChI=1S/2C11H21BN.6CH4/c1-11(2,3)13-7-9-4-10(8-13)6-12-5-9;1-10(2,3)13-7-5-11(9-13)4-6-12-8-11;;;;;;/h9-10H,4-8H2,1-3H3;4-9H2,1-3H3;6*1H4. The molecule has 0 aromatic rings. The van der Waals surface area contributed by atoms with E-state index in [0.29, 0.717) is 16.5 Å². The van der Waals surface area contributed by atoms with Gasteiger partial charge in [-0.15, -0.1) is 0 Å². The van der Waals surface area contributed by atoms with Gasteiger partial charge in [-0.3, -0.25) is 9.80 Å². The minimum absolute atomic E-state index is 0. The van der Waals surface area contributed by atoms with Crippen molar-refractivity contribution in [3.63, 3.8) is 0 Å². The monoisotopic (exact) mass is 453 g/mol. The van der Waals surface area contributed by atoms with Gasteiger partial charge in [0, 0.05) is 30.7 Å². The second kappa shape index (κ2) is 15.1. The van der Waals surface area contributed by atoms with Crippen LogP contribution in [0, 0.1) is 17.3 Å². The first kappa shape index (κ1) is 39.3. The van der Waals surface area contributed by atoms with Crippen molar-refractivity contribution in [1.29, 1.82) is 0 Å². The van der Waals surface area contributed by atoms with Crippen LogP contribution in [0.5, 0.6) is 0 Å². The summed E-state index contributed by atoms with van der Waals surface area (Å²) in [4.78, 5) is 5.34. The maximum absolute atomic E-state index is 2.68. The molecule has 32 heavy (non-hydrogen) atoms. The van der Waals surface area contributed by atoms with Crippen LogP contribution >= 0.6 is 0 Å². The minimum Gasteiger partial charge on any atom is -0.298 e. The van der Waals surface area contributed by atoms with Crippen molar-refractivity contribution >= 4 is 14.6 Å². The number of likely N-dealkylation sites (tertiary alicyclic amines) is 2. The molecule has 0 saturated carbocycles. The highest BCUT2D eigenvalue weighted by molar-refractivity contribution is 6.37. The molecule has 1 spiro atoms. The van der Waals surface area contributed by atoms with E-state index in [-0.39, 0.29) is 44.6 Å². The van der Waals surface area contributed by atoms with Crippen molar-refractivity contribution in [2.75, 3.05) is 26.2 Å². The highest BCUT2D eigenvalue weighted by Gasteiger charge is 2.42. The molecule has 4 fully saturated rings. The lowest BCUT2D eigenvalue weighted by Gasteiger charge is -2.47. The number of fused-ring (bicyclic) bond motifs is 2. The maximum atomic E-state index is 2.68. The Morgan fingerprint density at radius 3 is 1.56 bits per heavy atom. The molecule has 3 unspecified atom stereocenters. The predicted molar refractivity (Wildman–Crippen MR) is 157 cm³/mol. The van der Waals surface area contributed by atoms with E-state index in [9.17, 15) is 0 Å². The van der Waals surface area contributed by atoms with Gasteiger partial charge in [-0.2, -0.15) is 0 Å². The van der Waals surface area contributed by atoms with Crippen LogP contribution in [0.3, 0.4) is 0 Å². The van der Waals surface area contributed by atoms with E-state index in [1.54, 1.807) is 0 Å². The Kier molecular flexibility index (Phi) is 18.6. The molecule has 194 valence electrons. The van der Waals surface area contributed by atoms with Gasteiger partial charge < -0.3 is 0 Å². The fourth-order valence-corrected chi connectivity index (χ4v) is 5.57. The molecule has 0 amide bonds. The third-order valence-corrected chi connectivity index (χ3v) is 7.42. The summed E-state index contributed by atoms with van der Waals surface area (Å²) < 4.78 is 0. The van der Waals surface area contributed by atoms with E-state index >= 15 is 0 Å². The van der Waals surface area contributed by atoms with Gasteiger partial charge in [0.05, 0.1) is 0 Å². The summed E-state index contributed by atoms with van der Waals surface area (Å²) in [5.41, 5.74) is 1.45. The quantitative estimate of drug-likeness (QED) is 0.340. The number of piperidine rings is 1. The van der Waals surface area contributed by atoms with Crippen LogP contribution in [0.15, 0.2) is 0 Å².